The van der Waals surface area contributed by atoms with Gasteiger partial charge in [0.05, 0.1) is 24.3 Å². The molecule has 0 bridgehead atoms. The van der Waals surface area contributed by atoms with Crippen LogP contribution in [0.25, 0.3) is 0 Å². The van der Waals surface area contributed by atoms with Crippen molar-refractivity contribution in [2.24, 2.45) is 0 Å². The summed E-state index contributed by atoms with van der Waals surface area (Å²) in [7, 11) is 3.16. The Morgan fingerprint density at radius 2 is 1.59 bits per heavy atom. The van der Waals surface area contributed by atoms with Crippen molar-refractivity contribution in [1.82, 2.24) is 10.2 Å². The van der Waals surface area contributed by atoms with Crippen LogP contribution in [0.1, 0.15) is 42.9 Å². The molecule has 0 spiro atoms. The van der Waals surface area contributed by atoms with Gasteiger partial charge in [-0.05, 0) is 53.8 Å². The van der Waals surface area contributed by atoms with Crippen molar-refractivity contribution in [2.75, 3.05) is 20.8 Å². The Bertz CT molecular complexity index is 1240. The van der Waals surface area contributed by atoms with Gasteiger partial charge in [0, 0.05) is 25.9 Å². The Balaban J connectivity index is 1.91. The van der Waals surface area contributed by atoms with E-state index in [2.05, 4.69) is 12.2 Å². The van der Waals surface area contributed by atoms with E-state index in [9.17, 15) is 9.59 Å². The summed E-state index contributed by atoms with van der Waals surface area (Å²) in [5.41, 5.74) is 2.70. The van der Waals surface area contributed by atoms with Crippen LogP contribution < -0.4 is 14.8 Å². The SMILES string of the molecule is CCCCNC(=O)[C@H](Cc1ccccc1)N(Cc1ccc(Cl)c(Cl)c1)C(=O)CCc1ccc(OC)c(OC)c1. The second-order valence-corrected chi connectivity index (χ2v) is 10.1. The van der Waals surface area contributed by atoms with Crippen molar-refractivity contribution in [3.63, 3.8) is 0 Å². The summed E-state index contributed by atoms with van der Waals surface area (Å²) < 4.78 is 10.7. The summed E-state index contributed by atoms with van der Waals surface area (Å²) in [6.45, 7) is 2.85. The molecule has 0 aliphatic rings. The molecule has 0 fully saturated rings. The highest BCUT2D eigenvalue weighted by Gasteiger charge is 2.30. The van der Waals surface area contributed by atoms with Crippen LogP contribution >= 0.6 is 23.2 Å². The average molecular weight is 572 g/mol. The number of carbonyl (C=O) groups excluding carboxylic acids is 2. The number of unbranched alkanes of at least 4 members (excludes halogenated alkanes) is 1. The van der Waals surface area contributed by atoms with Crippen LogP contribution in [0.2, 0.25) is 10.0 Å². The second kappa shape index (κ2) is 15.4. The van der Waals surface area contributed by atoms with Gasteiger partial charge in [-0.2, -0.15) is 0 Å². The van der Waals surface area contributed by atoms with Crippen molar-refractivity contribution in [1.29, 1.82) is 0 Å². The maximum absolute atomic E-state index is 13.8. The molecule has 6 nitrogen and oxygen atoms in total. The van der Waals surface area contributed by atoms with Crippen molar-refractivity contribution >= 4 is 35.0 Å². The Labute approximate surface area is 241 Å². The van der Waals surface area contributed by atoms with Gasteiger partial charge in [-0.15, -0.1) is 0 Å². The van der Waals surface area contributed by atoms with Crippen LogP contribution in [0.4, 0.5) is 0 Å². The lowest BCUT2D eigenvalue weighted by Crippen LogP contribution is -2.50. The zero-order valence-electron chi connectivity index (χ0n) is 22.7. The number of rotatable bonds is 14. The number of hydrogen-bond acceptors (Lipinski definition) is 4. The highest BCUT2D eigenvalue weighted by molar-refractivity contribution is 6.42. The summed E-state index contributed by atoms with van der Waals surface area (Å²) in [4.78, 5) is 29.0. The first-order valence-electron chi connectivity index (χ1n) is 13.1. The lowest BCUT2D eigenvalue weighted by atomic mass is 10.0. The number of amides is 2. The van der Waals surface area contributed by atoms with Gasteiger partial charge in [-0.3, -0.25) is 9.59 Å². The Morgan fingerprint density at radius 1 is 0.872 bits per heavy atom. The Kier molecular flexibility index (Phi) is 12.0. The maximum atomic E-state index is 13.8. The standard InChI is InChI=1S/C31H36Cl2N2O4/c1-4-5-17-34-31(37)27(19-22-9-7-6-8-10-22)35(21-24-11-14-25(32)26(33)18-24)30(36)16-13-23-12-15-28(38-2)29(20-23)39-3/h6-12,14-15,18,20,27H,4-5,13,16-17,19,21H2,1-3H3,(H,34,37)/t27-/m0/s1. The van der Waals surface area contributed by atoms with Crippen molar-refractivity contribution in [2.45, 2.75) is 51.6 Å². The number of methoxy groups -OCH3 is 2. The fourth-order valence-corrected chi connectivity index (χ4v) is 4.65. The summed E-state index contributed by atoms with van der Waals surface area (Å²) in [5.74, 6) is 0.919. The van der Waals surface area contributed by atoms with E-state index < -0.39 is 6.04 Å². The van der Waals surface area contributed by atoms with Gasteiger partial charge in [-0.25, -0.2) is 0 Å². The molecule has 0 heterocycles. The zero-order valence-corrected chi connectivity index (χ0v) is 24.2. The third-order valence-corrected chi connectivity index (χ3v) is 7.25. The first kappa shape index (κ1) is 30.3. The molecule has 1 atom stereocenters. The first-order valence-corrected chi connectivity index (χ1v) is 13.9. The van der Waals surface area contributed by atoms with E-state index in [0.717, 1.165) is 29.5 Å². The number of halogens is 2. The van der Waals surface area contributed by atoms with Crippen LogP contribution in [0.5, 0.6) is 11.5 Å². The number of carbonyl (C=O) groups is 2. The molecular weight excluding hydrogens is 535 g/mol. The summed E-state index contributed by atoms with van der Waals surface area (Å²) in [6.07, 6.45) is 2.91. The summed E-state index contributed by atoms with van der Waals surface area (Å²) >= 11 is 12.4. The van der Waals surface area contributed by atoms with Gasteiger partial charge < -0.3 is 19.7 Å². The van der Waals surface area contributed by atoms with Crippen molar-refractivity contribution < 1.29 is 19.1 Å². The molecule has 3 aromatic rings. The quantitative estimate of drug-likeness (QED) is 0.225. The molecule has 3 rings (SSSR count). The van der Waals surface area contributed by atoms with Crippen molar-refractivity contribution in [3.05, 3.63) is 93.5 Å². The third kappa shape index (κ3) is 8.91. The molecule has 0 aliphatic heterocycles. The van der Waals surface area contributed by atoms with Crippen LogP contribution in [0, 0.1) is 0 Å². The predicted octanol–water partition coefficient (Wildman–Crippen LogP) is 6.50. The van der Waals surface area contributed by atoms with Gasteiger partial charge in [-0.1, -0.05) is 79.0 Å². The number of ether oxygens (including phenoxy) is 2. The predicted molar refractivity (Wildman–Crippen MR) is 157 cm³/mol. The summed E-state index contributed by atoms with van der Waals surface area (Å²) in [5, 5.41) is 3.87. The minimum Gasteiger partial charge on any atom is -0.493 e. The highest BCUT2D eigenvalue weighted by atomic mass is 35.5. The maximum Gasteiger partial charge on any atom is 0.243 e. The molecule has 0 unspecified atom stereocenters. The third-order valence-electron chi connectivity index (χ3n) is 6.51. The minimum absolute atomic E-state index is 0.137. The number of nitrogens with zero attached hydrogens (tertiary/aromatic N) is 1. The molecular formula is C31H36Cl2N2O4. The van der Waals surface area contributed by atoms with Crippen LogP contribution in [0.15, 0.2) is 66.7 Å². The number of benzene rings is 3. The van der Waals surface area contributed by atoms with Gasteiger partial charge in [0.2, 0.25) is 11.8 Å². The van der Waals surface area contributed by atoms with Gasteiger partial charge in [0.15, 0.2) is 11.5 Å². The van der Waals surface area contributed by atoms with Crippen LogP contribution in [0.3, 0.4) is 0 Å². The molecule has 0 aromatic heterocycles. The van der Waals surface area contributed by atoms with E-state index in [4.69, 9.17) is 32.7 Å². The van der Waals surface area contributed by atoms with E-state index in [1.165, 1.54) is 0 Å². The van der Waals surface area contributed by atoms with Gasteiger partial charge in [0.25, 0.3) is 0 Å². The largest absolute Gasteiger partial charge is 0.493 e. The minimum atomic E-state index is -0.698. The monoisotopic (exact) mass is 570 g/mol. The average Bonchev–Trinajstić information content (AvgIpc) is 2.95. The molecule has 0 radical (unpaired) electrons. The fourth-order valence-electron chi connectivity index (χ4n) is 4.33. The summed E-state index contributed by atoms with van der Waals surface area (Å²) in [6, 6.07) is 19.9. The number of aryl methyl sites for hydroxylation is 1. The van der Waals surface area contributed by atoms with Crippen LogP contribution in [-0.4, -0.2) is 43.5 Å². The van der Waals surface area contributed by atoms with E-state index in [1.807, 2.05) is 54.6 Å². The molecule has 0 saturated carbocycles. The topological polar surface area (TPSA) is 67.9 Å². The smallest absolute Gasteiger partial charge is 0.243 e. The molecule has 0 aliphatic carbocycles. The first-order chi connectivity index (χ1) is 18.9. The van der Waals surface area contributed by atoms with E-state index in [0.29, 0.717) is 40.9 Å². The highest BCUT2D eigenvalue weighted by Crippen LogP contribution is 2.29. The molecule has 1 N–H and O–H groups in total. The molecule has 39 heavy (non-hydrogen) atoms. The van der Waals surface area contributed by atoms with Gasteiger partial charge in [0.1, 0.15) is 6.04 Å². The molecule has 0 saturated heterocycles. The van der Waals surface area contributed by atoms with E-state index in [-0.39, 0.29) is 24.8 Å². The van der Waals surface area contributed by atoms with Crippen LogP contribution in [-0.2, 0) is 29.0 Å². The van der Waals surface area contributed by atoms with E-state index >= 15 is 0 Å². The van der Waals surface area contributed by atoms with Crippen molar-refractivity contribution in [3.8, 4) is 11.5 Å². The molecule has 8 heteroatoms. The zero-order chi connectivity index (χ0) is 28.2. The lowest BCUT2D eigenvalue weighted by molar-refractivity contribution is -0.141. The lowest BCUT2D eigenvalue weighted by Gasteiger charge is -2.32. The Morgan fingerprint density at radius 3 is 2.26 bits per heavy atom. The van der Waals surface area contributed by atoms with Gasteiger partial charge >= 0.3 is 0 Å². The normalized spacial score (nSPS) is 11.5. The fraction of sp³-hybridized carbons (Fsp3) is 0.355. The number of nitrogens with one attached hydrogen (secondary N) is 1. The Hall–Kier alpha value is -3.22. The molecule has 3 aromatic carbocycles. The molecule has 208 valence electrons. The van der Waals surface area contributed by atoms with E-state index in [1.54, 1.807) is 31.3 Å². The second-order valence-electron chi connectivity index (χ2n) is 9.31. The number of hydrogen-bond donors (Lipinski definition) is 1. The molecule has 2 amide bonds.